The number of hydrogen-bond donors (Lipinski definition) is 2. The molecule has 0 radical (unpaired) electrons. The van der Waals surface area contributed by atoms with Crippen LogP contribution in [0.1, 0.15) is 22.3 Å². The minimum atomic E-state index is -0.284. The van der Waals surface area contributed by atoms with E-state index >= 15 is 0 Å². The van der Waals surface area contributed by atoms with Gasteiger partial charge in [0.1, 0.15) is 0 Å². The second-order valence-electron chi connectivity index (χ2n) is 4.21. The van der Waals surface area contributed by atoms with Crippen LogP contribution in [0.15, 0.2) is 24.3 Å². The minimum Gasteiger partial charge on any atom is -0.383 e. The number of nitrogens with one attached hydrogen (secondary N) is 2. The first-order chi connectivity index (χ1) is 9.13. The van der Waals surface area contributed by atoms with Crippen LogP contribution in [0.4, 0.5) is 4.79 Å². The van der Waals surface area contributed by atoms with Crippen molar-refractivity contribution in [2.45, 2.75) is 13.3 Å². The molecule has 5 nitrogen and oxygen atoms in total. The Balaban J connectivity index is 2.23. The number of hydrogen-bond acceptors (Lipinski definition) is 3. The van der Waals surface area contributed by atoms with Gasteiger partial charge < -0.3 is 15.4 Å². The number of carbonyl (C=O) groups excluding carboxylic acids is 2. The summed E-state index contributed by atoms with van der Waals surface area (Å²) in [4.78, 5) is 23.1. The molecule has 0 aliphatic carbocycles. The van der Waals surface area contributed by atoms with Crippen molar-refractivity contribution in [2.24, 2.45) is 0 Å². The van der Waals surface area contributed by atoms with E-state index in [1.807, 2.05) is 19.1 Å². The molecule has 2 amide bonds. The number of amides is 2. The van der Waals surface area contributed by atoms with Gasteiger partial charge in [-0.3, -0.25) is 4.79 Å². The molecular weight excluding hydrogens is 244 g/mol. The number of aryl methyl sites for hydroxylation is 1. The Morgan fingerprint density at radius 2 is 1.74 bits per heavy atom. The number of benzene rings is 1. The van der Waals surface area contributed by atoms with Crippen molar-refractivity contribution in [3.63, 3.8) is 0 Å². The van der Waals surface area contributed by atoms with Crippen LogP contribution in [-0.4, -0.2) is 38.6 Å². The van der Waals surface area contributed by atoms with Gasteiger partial charge in [-0.1, -0.05) is 29.8 Å². The van der Waals surface area contributed by atoms with Crippen LogP contribution in [0, 0.1) is 6.92 Å². The molecule has 1 rings (SSSR count). The van der Waals surface area contributed by atoms with Gasteiger partial charge in [0.15, 0.2) is 5.78 Å². The summed E-state index contributed by atoms with van der Waals surface area (Å²) >= 11 is 0. The predicted octanol–water partition coefficient (Wildman–Crippen LogP) is 1.51. The molecule has 0 bridgehead atoms. The first-order valence-corrected chi connectivity index (χ1v) is 6.24. The molecule has 0 unspecified atom stereocenters. The lowest BCUT2D eigenvalue weighted by Crippen LogP contribution is -2.38. The van der Waals surface area contributed by atoms with Crippen LogP contribution < -0.4 is 10.6 Å². The van der Waals surface area contributed by atoms with Gasteiger partial charge in [-0.25, -0.2) is 4.79 Å². The fourth-order valence-electron chi connectivity index (χ4n) is 1.50. The second-order valence-corrected chi connectivity index (χ2v) is 4.21. The van der Waals surface area contributed by atoms with Gasteiger partial charge >= 0.3 is 6.03 Å². The van der Waals surface area contributed by atoms with Crippen molar-refractivity contribution < 1.29 is 14.3 Å². The van der Waals surface area contributed by atoms with Gasteiger partial charge in [-0.15, -0.1) is 0 Å². The molecule has 0 aliphatic rings. The van der Waals surface area contributed by atoms with Crippen LogP contribution in [0.2, 0.25) is 0 Å². The van der Waals surface area contributed by atoms with Gasteiger partial charge in [0, 0.05) is 32.2 Å². The van der Waals surface area contributed by atoms with E-state index in [4.69, 9.17) is 4.74 Å². The van der Waals surface area contributed by atoms with E-state index < -0.39 is 0 Å². The van der Waals surface area contributed by atoms with Gasteiger partial charge in [0.05, 0.1) is 6.61 Å². The van der Waals surface area contributed by atoms with E-state index in [2.05, 4.69) is 10.6 Å². The number of rotatable bonds is 7. The molecule has 0 heterocycles. The molecule has 5 heteroatoms. The smallest absolute Gasteiger partial charge is 0.314 e. The van der Waals surface area contributed by atoms with E-state index in [0.717, 1.165) is 5.56 Å². The summed E-state index contributed by atoms with van der Waals surface area (Å²) in [5, 5.41) is 5.25. The van der Waals surface area contributed by atoms with Crippen LogP contribution in [0.25, 0.3) is 0 Å². The fraction of sp³-hybridized carbons (Fsp3) is 0.429. The van der Waals surface area contributed by atoms with Crippen LogP contribution >= 0.6 is 0 Å². The molecule has 0 spiro atoms. The number of carbonyl (C=O) groups is 2. The maximum Gasteiger partial charge on any atom is 0.314 e. The zero-order chi connectivity index (χ0) is 14.1. The Labute approximate surface area is 113 Å². The van der Waals surface area contributed by atoms with Crippen molar-refractivity contribution in [3.8, 4) is 0 Å². The number of Topliss-reactive ketones (excluding diaryl/α,β-unsaturated/α-hetero) is 1. The van der Waals surface area contributed by atoms with E-state index in [0.29, 0.717) is 31.7 Å². The molecule has 1 aromatic rings. The summed E-state index contributed by atoms with van der Waals surface area (Å²) in [6.45, 7) is 3.22. The topological polar surface area (TPSA) is 67.4 Å². The Kier molecular flexibility index (Phi) is 6.60. The molecule has 0 aliphatic heterocycles. The lowest BCUT2D eigenvalue weighted by Gasteiger charge is -2.06. The average molecular weight is 264 g/mol. The highest BCUT2D eigenvalue weighted by Gasteiger charge is 2.06. The van der Waals surface area contributed by atoms with E-state index in [1.54, 1.807) is 19.2 Å². The normalized spacial score (nSPS) is 10.0. The fourth-order valence-corrected chi connectivity index (χ4v) is 1.50. The van der Waals surface area contributed by atoms with E-state index in [1.165, 1.54) is 0 Å². The Morgan fingerprint density at radius 3 is 2.37 bits per heavy atom. The van der Waals surface area contributed by atoms with Gasteiger partial charge in [-0.05, 0) is 6.92 Å². The van der Waals surface area contributed by atoms with Gasteiger partial charge in [-0.2, -0.15) is 0 Å². The van der Waals surface area contributed by atoms with Crippen molar-refractivity contribution in [2.75, 3.05) is 26.8 Å². The van der Waals surface area contributed by atoms with Crippen molar-refractivity contribution in [1.29, 1.82) is 0 Å². The van der Waals surface area contributed by atoms with Crippen LogP contribution in [0.3, 0.4) is 0 Å². The quantitative estimate of drug-likeness (QED) is 0.579. The third-order valence-electron chi connectivity index (χ3n) is 2.60. The largest absolute Gasteiger partial charge is 0.383 e. The minimum absolute atomic E-state index is 0.0252. The standard InChI is InChI=1S/C14H20N2O3/c1-11-3-5-12(6-4-11)13(17)7-8-15-14(18)16-9-10-19-2/h3-6H,7-10H2,1-2H3,(H2,15,16,18). The maximum absolute atomic E-state index is 11.8. The van der Waals surface area contributed by atoms with E-state index in [9.17, 15) is 9.59 Å². The van der Waals surface area contributed by atoms with Crippen molar-refractivity contribution in [3.05, 3.63) is 35.4 Å². The SMILES string of the molecule is COCCNC(=O)NCCC(=O)c1ccc(C)cc1. The molecule has 0 fully saturated rings. The molecule has 104 valence electrons. The summed E-state index contributed by atoms with van der Waals surface area (Å²) in [6.07, 6.45) is 0.292. The first-order valence-electron chi connectivity index (χ1n) is 6.24. The van der Waals surface area contributed by atoms with Crippen molar-refractivity contribution in [1.82, 2.24) is 10.6 Å². The van der Waals surface area contributed by atoms with Crippen molar-refractivity contribution >= 4 is 11.8 Å². The summed E-state index contributed by atoms with van der Waals surface area (Å²) in [5.41, 5.74) is 1.79. The zero-order valence-corrected chi connectivity index (χ0v) is 11.4. The summed E-state index contributed by atoms with van der Waals surface area (Å²) in [6, 6.07) is 7.12. The third-order valence-corrected chi connectivity index (χ3v) is 2.60. The molecule has 0 saturated carbocycles. The lowest BCUT2D eigenvalue weighted by atomic mass is 10.1. The average Bonchev–Trinajstić information content (AvgIpc) is 2.39. The highest BCUT2D eigenvalue weighted by atomic mass is 16.5. The Hall–Kier alpha value is -1.88. The molecule has 0 aromatic heterocycles. The molecule has 2 N–H and O–H groups in total. The molecule has 1 aromatic carbocycles. The Morgan fingerprint density at radius 1 is 1.11 bits per heavy atom. The van der Waals surface area contributed by atoms with Crippen LogP contribution in [-0.2, 0) is 4.74 Å². The summed E-state index contributed by atoms with van der Waals surface area (Å²) in [5.74, 6) is 0.0252. The summed E-state index contributed by atoms with van der Waals surface area (Å²) < 4.78 is 4.81. The number of ether oxygens (including phenoxy) is 1. The maximum atomic E-state index is 11.8. The van der Waals surface area contributed by atoms with Gasteiger partial charge in [0.2, 0.25) is 0 Å². The third kappa shape index (κ3) is 6.01. The highest BCUT2D eigenvalue weighted by molar-refractivity contribution is 5.96. The molecular formula is C14H20N2O3. The molecule has 19 heavy (non-hydrogen) atoms. The summed E-state index contributed by atoms with van der Waals surface area (Å²) in [7, 11) is 1.57. The number of ketones is 1. The Bertz CT molecular complexity index is 415. The highest BCUT2D eigenvalue weighted by Crippen LogP contribution is 2.05. The van der Waals surface area contributed by atoms with E-state index in [-0.39, 0.29) is 11.8 Å². The first kappa shape index (κ1) is 15.2. The predicted molar refractivity (Wildman–Crippen MR) is 73.4 cm³/mol. The second kappa shape index (κ2) is 8.26. The van der Waals surface area contributed by atoms with Gasteiger partial charge in [0.25, 0.3) is 0 Å². The molecule has 0 saturated heterocycles. The monoisotopic (exact) mass is 264 g/mol. The number of methoxy groups -OCH3 is 1. The molecule has 0 atom stereocenters. The number of urea groups is 1. The van der Waals surface area contributed by atoms with Crippen LogP contribution in [0.5, 0.6) is 0 Å². The lowest BCUT2D eigenvalue weighted by molar-refractivity contribution is 0.0983. The zero-order valence-electron chi connectivity index (χ0n) is 11.4.